The molecule has 0 aromatic heterocycles. The van der Waals surface area contributed by atoms with Gasteiger partial charge in [0.1, 0.15) is 0 Å². The summed E-state index contributed by atoms with van der Waals surface area (Å²) >= 11 is 0. The molecule has 0 saturated carbocycles. The Balaban J connectivity index is 0.912. The lowest BCUT2D eigenvalue weighted by Gasteiger charge is -2.34. The number of fused-ring (bicyclic) bond motifs is 8. The van der Waals surface area contributed by atoms with Gasteiger partial charge in [-0.25, -0.2) is 0 Å². The van der Waals surface area contributed by atoms with E-state index >= 15 is 0 Å². The lowest BCUT2D eigenvalue weighted by atomic mass is 9.67. The number of nitrogens with zero attached hydrogens (tertiary/aromatic N) is 1. The van der Waals surface area contributed by atoms with Gasteiger partial charge in [0.25, 0.3) is 0 Å². The van der Waals surface area contributed by atoms with Crippen LogP contribution in [0.25, 0.3) is 87.2 Å². The Morgan fingerprint density at radius 3 is 1.24 bits per heavy atom. The second kappa shape index (κ2) is 16.5. The summed E-state index contributed by atoms with van der Waals surface area (Å²) in [5.41, 5.74) is 18.3. The van der Waals surface area contributed by atoms with Crippen LogP contribution in [-0.2, 0) is 5.41 Å². The van der Waals surface area contributed by atoms with Crippen LogP contribution < -0.4 is 4.90 Å². The molecule has 72 heavy (non-hydrogen) atoms. The van der Waals surface area contributed by atoms with E-state index in [1.807, 2.05) is 0 Å². The Morgan fingerprint density at radius 1 is 0.292 bits per heavy atom. The summed E-state index contributed by atoms with van der Waals surface area (Å²) in [6.07, 6.45) is 0. The van der Waals surface area contributed by atoms with Gasteiger partial charge in [-0.3, -0.25) is 0 Å². The topological polar surface area (TPSA) is 3.24 Å². The van der Waals surface area contributed by atoms with Crippen molar-refractivity contribution in [2.75, 3.05) is 4.90 Å². The molecule has 13 aromatic carbocycles. The molecule has 13 aromatic rings. The quantitative estimate of drug-likeness (QED) is 0.144. The number of aryl methyl sites for hydroxylation is 2. The highest BCUT2D eigenvalue weighted by atomic mass is 15.1. The fourth-order valence-electron chi connectivity index (χ4n) is 12.5. The van der Waals surface area contributed by atoms with Crippen LogP contribution in [0.2, 0.25) is 0 Å². The summed E-state index contributed by atoms with van der Waals surface area (Å²) in [5, 5.41) is 12.4. The van der Waals surface area contributed by atoms with Crippen molar-refractivity contribution in [3.63, 3.8) is 0 Å². The molecule has 1 aliphatic carbocycles. The van der Waals surface area contributed by atoms with Gasteiger partial charge in [0, 0.05) is 16.5 Å². The molecule has 0 N–H and O–H groups in total. The molecule has 0 atom stereocenters. The van der Waals surface area contributed by atoms with E-state index in [9.17, 15) is 0 Å². The molecular weight excluding hydrogens is 867 g/mol. The van der Waals surface area contributed by atoms with Gasteiger partial charge in [-0.1, -0.05) is 231 Å². The lowest BCUT2D eigenvalue weighted by Crippen LogP contribution is -2.28. The molecule has 1 aliphatic rings. The highest BCUT2D eigenvalue weighted by molar-refractivity contribution is 6.22. The Kier molecular flexibility index (Phi) is 9.63. The van der Waals surface area contributed by atoms with Gasteiger partial charge in [-0.2, -0.15) is 0 Å². The van der Waals surface area contributed by atoms with Crippen molar-refractivity contribution < 1.29 is 0 Å². The molecule has 0 heterocycles. The molecule has 1 nitrogen and oxygen atoms in total. The fraction of sp³-hybridized carbons (Fsp3) is 0.0423. The van der Waals surface area contributed by atoms with Gasteiger partial charge in [0.2, 0.25) is 0 Å². The second-order valence-corrected chi connectivity index (χ2v) is 19.6. The van der Waals surface area contributed by atoms with E-state index in [1.54, 1.807) is 0 Å². The van der Waals surface area contributed by atoms with Crippen LogP contribution in [0.3, 0.4) is 0 Å². The lowest BCUT2D eigenvalue weighted by molar-refractivity contribution is 0.768. The SMILES string of the molecule is Cc1ccc(N(c2ccc3cc(-c4c5ccccc5c(-c5ccc(C6(c7ccccc7)c7ccccc7-c7ccccc76)cc5)c5ccccc45)ccc3c2)c2ccc(C)c3ccccc23)c2ccccc12. The fourth-order valence-corrected chi connectivity index (χ4v) is 12.5. The third-order valence-corrected chi connectivity index (χ3v) is 15.8. The van der Waals surface area contributed by atoms with Gasteiger partial charge in [-0.15, -0.1) is 0 Å². The van der Waals surface area contributed by atoms with Crippen molar-refractivity contribution in [2.24, 2.45) is 0 Å². The molecule has 0 bridgehead atoms. The Morgan fingerprint density at radius 2 is 0.694 bits per heavy atom. The smallest absolute Gasteiger partial charge is 0.0713 e. The average molecular weight is 916 g/mol. The van der Waals surface area contributed by atoms with E-state index in [0.717, 1.165) is 5.69 Å². The van der Waals surface area contributed by atoms with Crippen LogP contribution >= 0.6 is 0 Å². The highest BCUT2D eigenvalue weighted by Gasteiger charge is 2.45. The molecule has 0 spiro atoms. The second-order valence-electron chi connectivity index (χ2n) is 19.6. The summed E-state index contributed by atoms with van der Waals surface area (Å²) in [6.45, 7) is 4.41. The van der Waals surface area contributed by atoms with Gasteiger partial charge in [0.05, 0.1) is 16.8 Å². The van der Waals surface area contributed by atoms with Gasteiger partial charge in [0.15, 0.2) is 0 Å². The van der Waals surface area contributed by atoms with E-state index in [1.165, 1.54) is 132 Å². The van der Waals surface area contributed by atoms with Crippen LogP contribution in [-0.4, -0.2) is 0 Å². The molecule has 338 valence electrons. The molecule has 0 radical (unpaired) electrons. The Labute approximate surface area is 420 Å². The summed E-state index contributed by atoms with van der Waals surface area (Å²) in [7, 11) is 0. The number of hydrogen-bond donors (Lipinski definition) is 0. The van der Waals surface area contributed by atoms with E-state index in [0.29, 0.717) is 0 Å². The van der Waals surface area contributed by atoms with E-state index in [4.69, 9.17) is 0 Å². The largest absolute Gasteiger partial charge is 0.309 e. The third-order valence-electron chi connectivity index (χ3n) is 15.8. The molecule has 0 saturated heterocycles. The first-order valence-electron chi connectivity index (χ1n) is 25.2. The standard InChI is InChI=1S/C71H49N/c1-46-32-42-67(59-24-8-6-20-55(46)59)72(68-43-33-47(2)56-21-7-9-25-60(56)68)54-41-38-49-44-51(35-34-50(49)45-54)70-63-28-12-10-26-61(63)69(62-27-11-13-29-64(62)70)48-36-39-53(40-37-48)71(52-18-4-3-5-19-52)65-30-16-14-22-57(65)58-23-15-17-31-66(58)71/h3-45H,1-2H3. The zero-order valence-corrected chi connectivity index (χ0v) is 40.3. The molecule has 0 amide bonds. The minimum absolute atomic E-state index is 0.444. The molecule has 1 heteroatoms. The monoisotopic (exact) mass is 915 g/mol. The third kappa shape index (κ3) is 6.27. The summed E-state index contributed by atoms with van der Waals surface area (Å²) in [5.74, 6) is 0. The normalized spacial score (nSPS) is 12.7. The maximum Gasteiger partial charge on any atom is 0.0713 e. The Hall–Kier alpha value is -9.04. The van der Waals surface area contributed by atoms with Gasteiger partial charge in [-0.05, 0) is 154 Å². The number of anilines is 3. The van der Waals surface area contributed by atoms with Crippen LogP contribution in [0.5, 0.6) is 0 Å². The first kappa shape index (κ1) is 41.9. The first-order valence-corrected chi connectivity index (χ1v) is 25.2. The van der Waals surface area contributed by atoms with Crippen LogP contribution in [0.4, 0.5) is 17.1 Å². The summed E-state index contributed by atoms with van der Waals surface area (Å²) in [6, 6.07) is 97.4. The van der Waals surface area contributed by atoms with Crippen molar-refractivity contribution in [3.8, 4) is 33.4 Å². The maximum atomic E-state index is 2.47. The van der Waals surface area contributed by atoms with E-state index < -0.39 is 5.41 Å². The average Bonchev–Trinajstić information content (AvgIpc) is 3.75. The van der Waals surface area contributed by atoms with Gasteiger partial charge < -0.3 is 4.90 Å². The number of rotatable bonds is 7. The molecular formula is C71H49N. The zero-order chi connectivity index (χ0) is 47.9. The van der Waals surface area contributed by atoms with Crippen molar-refractivity contribution in [2.45, 2.75) is 19.3 Å². The minimum atomic E-state index is -0.444. The van der Waals surface area contributed by atoms with Crippen molar-refractivity contribution >= 4 is 70.9 Å². The molecule has 0 aliphatic heterocycles. The summed E-state index contributed by atoms with van der Waals surface area (Å²) in [4.78, 5) is 2.47. The molecule has 14 rings (SSSR count). The zero-order valence-electron chi connectivity index (χ0n) is 40.3. The predicted octanol–water partition coefficient (Wildman–Crippen LogP) is 19.2. The molecule has 0 unspecified atom stereocenters. The minimum Gasteiger partial charge on any atom is -0.309 e. The van der Waals surface area contributed by atoms with Crippen molar-refractivity contribution in [1.82, 2.24) is 0 Å². The number of benzene rings is 13. The van der Waals surface area contributed by atoms with Gasteiger partial charge >= 0.3 is 0 Å². The van der Waals surface area contributed by atoms with E-state index in [2.05, 4.69) is 280 Å². The predicted molar refractivity (Wildman–Crippen MR) is 306 cm³/mol. The van der Waals surface area contributed by atoms with Crippen LogP contribution in [0.1, 0.15) is 33.4 Å². The molecule has 0 fully saturated rings. The van der Waals surface area contributed by atoms with E-state index in [-0.39, 0.29) is 0 Å². The van der Waals surface area contributed by atoms with Crippen molar-refractivity contribution in [1.29, 1.82) is 0 Å². The Bertz CT molecular complexity index is 4110. The van der Waals surface area contributed by atoms with Crippen molar-refractivity contribution in [3.05, 3.63) is 294 Å². The van der Waals surface area contributed by atoms with Crippen LogP contribution in [0.15, 0.2) is 261 Å². The highest BCUT2D eigenvalue weighted by Crippen LogP contribution is 2.56. The maximum absolute atomic E-state index is 2.47. The first-order chi connectivity index (χ1) is 35.6. The number of hydrogen-bond acceptors (Lipinski definition) is 1. The summed E-state index contributed by atoms with van der Waals surface area (Å²) < 4.78 is 0. The van der Waals surface area contributed by atoms with Crippen LogP contribution in [0, 0.1) is 13.8 Å².